The molecule has 0 aliphatic rings. The van der Waals surface area contributed by atoms with Gasteiger partial charge in [-0.3, -0.25) is 0 Å². The molecule has 2 aromatic heterocycles. The van der Waals surface area contributed by atoms with Crippen LogP contribution in [0.15, 0.2) is 18.3 Å². The summed E-state index contributed by atoms with van der Waals surface area (Å²) in [7, 11) is 0. The van der Waals surface area contributed by atoms with Crippen molar-refractivity contribution < 1.29 is 0 Å². The summed E-state index contributed by atoms with van der Waals surface area (Å²) in [6, 6.07) is 4.33. The summed E-state index contributed by atoms with van der Waals surface area (Å²) in [6.45, 7) is 3.17. The molecule has 0 aromatic carbocycles. The Morgan fingerprint density at radius 1 is 1.47 bits per heavy atom. The van der Waals surface area contributed by atoms with E-state index in [0.29, 0.717) is 6.04 Å². The van der Waals surface area contributed by atoms with Crippen molar-refractivity contribution in [3.05, 3.63) is 32.4 Å². The maximum Gasteiger partial charge on any atom is 0.0931 e. The normalized spacial score (nSPS) is 12.8. The Bertz CT molecular complexity index is 441. The summed E-state index contributed by atoms with van der Waals surface area (Å²) in [6.07, 6.45) is 3.91. The summed E-state index contributed by atoms with van der Waals surface area (Å²) < 4.78 is 4.77. The van der Waals surface area contributed by atoms with Gasteiger partial charge in [-0.15, -0.1) is 16.4 Å². The van der Waals surface area contributed by atoms with Crippen LogP contribution in [0.1, 0.15) is 29.1 Å². The molecule has 0 radical (unpaired) electrons. The van der Waals surface area contributed by atoms with E-state index in [1.807, 2.05) is 12.3 Å². The molecule has 92 valence electrons. The highest BCUT2D eigenvalue weighted by atomic mass is 35.5. The molecule has 2 rings (SSSR count). The van der Waals surface area contributed by atoms with Gasteiger partial charge in [-0.25, -0.2) is 0 Å². The zero-order chi connectivity index (χ0) is 12.1. The van der Waals surface area contributed by atoms with Gasteiger partial charge in [0, 0.05) is 17.3 Å². The number of thiophene rings is 1. The van der Waals surface area contributed by atoms with Gasteiger partial charge >= 0.3 is 0 Å². The first-order chi connectivity index (χ1) is 8.29. The van der Waals surface area contributed by atoms with Gasteiger partial charge in [-0.2, -0.15) is 0 Å². The van der Waals surface area contributed by atoms with E-state index in [2.05, 4.69) is 27.9 Å². The Morgan fingerprint density at radius 3 is 2.94 bits per heavy atom. The fourth-order valence-corrected chi connectivity index (χ4v) is 3.29. The van der Waals surface area contributed by atoms with Gasteiger partial charge < -0.3 is 5.32 Å². The number of halogens is 1. The monoisotopic (exact) mass is 287 g/mol. The highest BCUT2D eigenvalue weighted by molar-refractivity contribution is 7.16. The Balaban J connectivity index is 2.05. The zero-order valence-corrected chi connectivity index (χ0v) is 11.9. The summed E-state index contributed by atoms with van der Waals surface area (Å²) in [5.74, 6) is 0. The van der Waals surface area contributed by atoms with E-state index in [4.69, 9.17) is 11.6 Å². The lowest BCUT2D eigenvalue weighted by atomic mass is 10.1. The van der Waals surface area contributed by atoms with Crippen LogP contribution in [0.2, 0.25) is 4.34 Å². The smallest absolute Gasteiger partial charge is 0.0931 e. The van der Waals surface area contributed by atoms with Crippen molar-refractivity contribution in [1.29, 1.82) is 0 Å². The SMILES string of the molecule is CCCNC(Cc1ccc(Cl)s1)c1cnns1. The van der Waals surface area contributed by atoms with Gasteiger partial charge in [0.15, 0.2) is 0 Å². The average molecular weight is 288 g/mol. The second-order valence-electron chi connectivity index (χ2n) is 3.74. The molecule has 1 N–H and O–H groups in total. The summed E-state index contributed by atoms with van der Waals surface area (Å²) >= 11 is 9.04. The van der Waals surface area contributed by atoms with Crippen molar-refractivity contribution in [3.63, 3.8) is 0 Å². The van der Waals surface area contributed by atoms with Crippen LogP contribution in [0, 0.1) is 0 Å². The van der Waals surface area contributed by atoms with Crippen molar-refractivity contribution >= 4 is 34.5 Å². The largest absolute Gasteiger partial charge is 0.309 e. The fourth-order valence-electron chi connectivity index (χ4n) is 1.58. The van der Waals surface area contributed by atoms with Gasteiger partial charge in [0.2, 0.25) is 0 Å². The highest BCUT2D eigenvalue weighted by Crippen LogP contribution is 2.27. The van der Waals surface area contributed by atoms with E-state index in [9.17, 15) is 0 Å². The van der Waals surface area contributed by atoms with Crippen molar-refractivity contribution in [2.24, 2.45) is 0 Å². The van der Waals surface area contributed by atoms with Crippen LogP contribution in [-0.4, -0.2) is 16.1 Å². The molecule has 1 atom stereocenters. The fraction of sp³-hybridized carbons (Fsp3) is 0.455. The van der Waals surface area contributed by atoms with Gasteiger partial charge in [0.1, 0.15) is 0 Å². The Morgan fingerprint density at radius 2 is 2.35 bits per heavy atom. The molecule has 17 heavy (non-hydrogen) atoms. The van der Waals surface area contributed by atoms with Crippen LogP contribution < -0.4 is 5.32 Å². The molecule has 0 saturated carbocycles. The third kappa shape index (κ3) is 3.74. The lowest BCUT2D eigenvalue weighted by molar-refractivity contribution is 0.539. The molecule has 2 aromatic rings. The second-order valence-corrected chi connectivity index (χ2v) is 6.35. The van der Waals surface area contributed by atoms with E-state index in [0.717, 1.165) is 23.7 Å². The Kier molecular flexibility index (Phi) is 4.91. The van der Waals surface area contributed by atoms with E-state index >= 15 is 0 Å². The first kappa shape index (κ1) is 13.0. The molecule has 2 heterocycles. The quantitative estimate of drug-likeness (QED) is 0.883. The Labute approximate surface area is 114 Å². The number of nitrogens with zero attached hydrogens (tertiary/aromatic N) is 2. The summed E-state index contributed by atoms with van der Waals surface area (Å²) in [4.78, 5) is 2.47. The summed E-state index contributed by atoms with van der Waals surface area (Å²) in [5, 5.41) is 7.43. The molecule has 0 saturated heterocycles. The topological polar surface area (TPSA) is 37.8 Å². The van der Waals surface area contributed by atoms with E-state index in [-0.39, 0.29) is 0 Å². The van der Waals surface area contributed by atoms with Crippen LogP contribution in [0.25, 0.3) is 0 Å². The minimum absolute atomic E-state index is 0.296. The second kappa shape index (κ2) is 6.44. The van der Waals surface area contributed by atoms with Crippen LogP contribution >= 0.6 is 34.5 Å². The molecule has 0 amide bonds. The van der Waals surface area contributed by atoms with E-state index < -0.39 is 0 Å². The lowest BCUT2D eigenvalue weighted by Crippen LogP contribution is -2.23. The zero-order valence-electron chi connectivity index (χ0n) is 9.52. The molecule has 0 bridgehead atoms. The lowest BCUT2D eigenvalue weighted by Gasteiger charge is -2.15. The maximum absolute atomic E-state index is 5.95. The molecular formula is C11H14ClN3S2. The standard InChI is InChI=1S/C11H14ClN3S2/c1-2-5-13-9(10-7-14-15-17-10)6-8-3-4-11(12)16-8/h3-4,7,9,13H,2,5-6H2,1H3. The predicted molar refractivity (Wildman–Crippen MR) is 74.0 cm³/mol. The first-order valence-electron chi connectivity index (χ1n) is 5.54. The molecule has 1 unspecified atom stereocenters. The maximum atomic E-state index is 5.95. The highest BCUT2D eigenvalue weighted by Gasteiger charge is 2.14. The number of hydrogen-bond acceptors (Lipinski definition) is 5. The molecule has 0 fully saturated rings. The van der Waals surface area contributed by atoms with Gasteiger partial charge in [-0.05, 0) is 36.6 Å². The van der Waals surface area contributed by atoms with Crippen molar-refractivity contribution in [2.45, 2.75) is 25.8 Å². The van der Waals surface area contributed by atoms with Crippen LogP contribution in [0.4, 0.5) is 0 Å². The number of nitrogens with one attached hydrogen (secondary N) is 1. The molecule has 6 heteroatoms. The van der Waals surface area contributed by atoms with Gasteiger partial charge in [0.05, 0.1) is 15.4 Å². The van der Waals surface area contributed by atoms with Crippen molar-refractivity contribution in [3.8, 4) is 0 Å². The number of hydrogen-bond donors (Lipinski definition) is 1. The van der Waals surface area contributed by atoms with Gasteiger partial charge in [-0.1, -0.05) is 23.0 Å². The van der Waals surface area contributed by atoms with Crippen LogP contribution in [-0.2, 0) is 6.42 Å². The van der Waals surface area contributed by atoms with Crippen molar-refractivity contribution in [2.75, 3.05) is 6.54 Å². The predicted octanol–water partition coefficient (Wildman–Crippen LogP) is 3.54. The molecule has 0 aliphatic heterocycles. The molecule has 3 nitrogen and oxygen atoms in total. The molecular weight excluding hydrogens is 274 g/mol. The van der Waals surface area contributed by atoms with E-state index in [1.54, 1.807) is 11.3 Å². The third-order valence-corrected chi connectivity index (χ3v) is 4.43. The number of rotatable bonds is 6. The van der Waals surface area contributed by atoms with E-state index in [1.165, 1.54) is 21.3 Å². The minimum Gasteiger partial charge on any atom is -0.309 e. The molecule has 0 spiro atoms. The van der Waals surface area contributed by atoms with Crippen molar-refractivity contribution in [1.82, 2.24) is 14.9 Å². The van der Waals surface area contributed by atoms with Crippen LogP contribution in [0.5, 0.6) is 0 Å². The van der Waals surface area contributed by atoms with Crippen LogP contribution in [0.3, 0.4) is 0 Å². The molecule has 0 aliphatic carbocycles. The Hall–Kier alpha value is -0.490. The third-order valence-electron chi connectivity index (χ3n) is 2.40. The minimum atomic E-state index is 0.296. The summed E-state index contributed by atoms with van der Waals surface area (Å²) in [5.41, 5.74) is 0. The first-order valence-corrected chi connectivity index (χ1v) is 7.51. The average Bonchev–Trinajstić information content (AvgIpc) is 2.95. The van der Waals surface area contributed by atoms with Gasteiger partial charge in [0.25, 0.3) is 0 Å². The number of aromatic nitrogens is 2.